The SMILES string of the molecule is CC[C@H]1C[C@@H]2[C@H](CC(=O)OC)[C@@H](Cc3ccccc3)C[C@H]1N2C. The summed E-state index contributed by atoms with van der Waals surface area (Å²) < 4.78 is 4.99. The molecule has 0 unspecified atom stereocenters. The molecule has 2 saturated heterocycles. The monoisotopic (exact) mass is 315 g/mol. The van der Waals surface area contributed by atoms with E-state index in [4.69, 9.17) is 4.74 Å². The van der Waals surface area contributed by atoms with E-state index >= 15 is 0 Å². The molecule has 126 valence electrons. The molecule has 0 aliphatic carbocycles. The van der Waals surface area contributed by atoms with E-state index in [1.54, 1.807) is 0 Å². The highest BCUT2D eigenvalue weighted by atomic mass is 16.5. The minimum Gasteiger partial charge on any atom is -0.469 e. The summed E-state index contributed by atoms with van der Waals surface area (Å²) in [5.74, 6) is 1.73. The molecule has 0 amide bonds. The third-order valence-electron chi connectivity index (χ3n) is 6.27. The topological polar surface area (TPSA) is 29.5 Å². The van der Waals surface area contributed by atoms with Crippen LogP contribution in [0.25, 0.3) is 0 Å². The van der Waals surface area contributed by atoms with Crippen molar-refractivity contribution in [2.45, 2.75) is 51.1 Å². The fourth-order valence-corrected chi connectivity index (χ4v) is 5.02. The van der Waals surface area contributed by atoms with Gasteiger partial charge in [0, 0.05) is 12.1 Å². The van der Waals surface area contributed by atoms with E-state index in [0.29, 0.717) is 30.3 Å². The Morgan fingerprint density at radius 3 is 2.52 bits per heavy atom. The van der Waals surface area contributed by atoms with Gasteiger partial charge in [0.25, 0.3) is 0 Å². The van der Waals surface area contributed by atoms with Gasteiger partial charge in [-0.25, -0.2) is 0 Å². The Morgan fingerprint density at radius 1 is 1.17 bits per heavy atom. The number of nitrogens with zero attached hydrogens (tertiary/aromatic N) is 1. The Balaban J connectivity index is 1.82. The van der Waals surface area contributed by atoms with Gasteiger partial charge in [-0.15, -0.1) is 0 Å². The minimum atomic E-state index is -0.0557. The number of carbonyl (C=O) groups is 1. The van der Waals surface area contributed by atoms with Crippen LogP contribution < -0.4 is 0 Å². The number of piperidine rings is 1. The first-order valence-corrected chi connectivity index (χ1v) is 8.96. The van der Waals surface area contributed by atoms with Gasteiger partial charge in [0.1, 0.15) is 0 Å². The molecule has 5 atom stereocenters. The maximum Gasteiger partial charge on any atom is 0.305 e. The lowest BCUT2D eigenvalue weighted by Crippen LogP contribution is -2.48. The van der Waals surface area contributed by atoms with E-state index in [1.165, 1.54) is 31.9 Å². The molecule has 0 N–H and O–H groups in total. The van der Waals surface area contributed by atoms with E-state index in [1.807, 2.05) is 0 Å². The normalized spacial score (nSPS) is 33.6. The number of carbonyl (C=O) groups excluding carboxylic acids is 1. The number of ether oxygens (including phenoxy) is 1. The molecule has 2 fully saturated rings. The van der Waals surface area contributed by atoms with Gasteiger partial charge in [-0.1, -0.05) is 43.7 Å². The first-order valence-electron chi connectivity index (χ1n) is 8.96. The van der Waals surface area contributed by atoms with E-state index in [-0.39, 0.29) is 5.97 Å². The third kappa shape index (κ3) is 3.30. The van der Waals surface area contributed by atoms with Crippen molar-refractivity contribution in [1.29, 1.82) is 0 Å². The van der Waals surface area contributed by atoms with Gasteiger partial charge in [0.05, 0.1) is 13.5 Å². The lowest BCUT2D eigenvalue weighted by atomic mass is 9.75. The zero-order valence-corrected chi connectivity index (χ0v) is 14.6. The predicted octanol–water partition coefficient (Wildman–Crippen LogP) is 3.53. The Bertz CT molecular complexity index is 530. The van der Waals surface area contributed by atoms with Crippen LogP contribution in [-0.2, 0) is 16.0 Å². The first kappa shape index (κ1) is 16.5. The lowest BCUT2D eigenvalue weighted by molar-refractivity contribution is -0.143. The van der Waals surface area contributed by atoms with Crippen molar-refractivity contribution in [1.82, 2.24) is 4.90 Å². The van der Waals surface area contributed by atoms with Gasteiger partial charge < -0.3 is 4.74 Å². The van der Waals surface area contributed by atoms with E-state index in [2.05, 4.69) is 49.2 Å². The standard InChI is InChI=1S/C20H29NO2/c1-4-15-11-19-17(13-20(22)23-3)16(12-18(15)21(19)2)10-14-8-6-5-7-9-14/h5-9,15-19H,4,10-13H2,1-3H3/t15-,16-,17+,18+,19+/m0/s1. The van der Waals surface area contributed by atoms with Crippen molar-refractivity contribution in [2.75, 3.05) is 14.2 Å². The smallest absolute Gasteiger partial charge is 0.305 e. The molecule has 3 nitrogen and oxygen atoms in total. The summed E-state index contributed by atoms with van der Waals surface area (Å²) in [6.45, 7) is 2.31. The van der Waals surface area contributed by atoms with Crippen LogP contribution in [-0.4, -0.2) is 37.1 Å². The first-order chi connectivity index (χ1) is 11.1. The summed E-state index contributed by atoms with van der Waals surface area (Å²) in [7, 11) is 3.77. The Kier molecular flexibility index (Phi) is 5.05. The molecular formula is C20H29NO2. The van der Waals surface area contributed by atoms with Gasteiger partial charge in [-0.2, -0.15) is 0 Å². The molecule has 0 spiro atoms. The Hall–Kier alpha value is -1.35. The molecule has 2 aliphatic rings. The molecule has 2 bridgehead atoms. The van der Waals surface area contributed by atoms with Crippen LogP contribution in [0.5, 0.6) is 0 Å². The van der Waals surface area contributed by atoms with Crippen LogP contribution in [0.2, 0.25) is 0 Å². The van der Waals surface area contributed by atoms with Crippen LogP contribution in [0, 0.1) is 17.8 Å². The second kappa shape index (κ2) is 7.04. The molecule has 3 rings (SSSR count). The molecule has 2 heterocycles. The number of benzene rings is 1. The minimum absolute atomic E-state index is 0.0557. The van der Waals surface area contributed by atoms with Crippen LogP contribution in [0.3, 0.4) is 0 Å². The molecule has 2 aliphatic heterocycles. The molecule has 3 heteroatoms. The zero-order valence-electron chi connectivity index (χ0n) is 14.6. The molecule has 0 radical (unpaired) electrons. The Labute approximate surface area is 140 Å². The van der Waals surface area contributed by atoms with E-state index < -0.39 is 0 Å². The predicted molar refractivity (Wildman–Crippen MR) is 92.1 cm³/mol. The fourth-order valence-electron chi connectivity index (χ4n) is 5.02. The third-order valence-corrected chi connectivity index (χ3v) is 6.27. The van der Waals surface area contributed by atoms with E-state index in [0.717, 1.165) is 12.3 Å². The van der Waals surface area contributed by atoms with Crippen molar-refractivity contribution in [3.05, 3.63) is 35.9 Å². The van der Waals surface area contributed by atoms with Crippen molar-refractivity contribution < 1.29 is 9.53 Å². The van der Waals surface area contributed by atoms with Crippen molar-refractivity contribution in [3.8, 4) is 0 Å². The number of hydrogen-bond acceptors (Lipinski definition) is 3. The van der Waals surface area contributed by atoms with Gasteiger partial charge in [0.15, 0.2) is 0 Å². The molecule has 1 aromatic carbocycles. The summed E-state index contributed by atoms with van der Waals surface area (Å²) in [5, 5.41) is 0. The van der Waals surface area contributed by atoms with Crippen LogP contribution in [0.15, 0.2) is 30.3 Å². The average molecular weight is 315 g/mol. The molecule has 0 aromatic heterocycles. The summed E-state index contributed by atoms with van der Waals surface area (Å²) in [6, 6.07) is 12.0. The highest BCUT2D eigenvalue weighted by Gasteiger charge is 2.49. The van der Waals surface area contributed by atoms with Gasteiger partial charge in [0.2, 0.25) is 0 Å². The average Bonchev–Trinajstić information content (AvgIpc) is 2.79. The second-order valence-electron chi connectivity index (χ2n) is 7.33. The number of esters is 1. The fraction of sp³-hybridized carbons (Fsp3) is 0.650. The number of fused-ring (bicyclic) bond motifs is 2. The summed E-state index contributed by atoms with van der Waals surface area (Å²) in [5.41, 5.74) is 1.39. The maximum atomic E-state index is 12.0. The van der Waals surface area contributed by atoms with Crippen LogP contribution in [0.1, 0.15) is 38.2 Å². The highest BCUT2D eigenvalue weighted by molar-refractivity contribution is 5.69. The van der Waals surface area contributed by atoms with Crippen molar-refractivity contribution >= 4 is 5.97 Å². The summed E-state index contributed by atoms with van der Waals surface area (Å²) in [4.78, 5) is 14.5. The van der Waals surface area contributed by atoms with Gasteiger partial charge in [-0.05, 0) is 49.6 Å². The lowest BCUT2D eigenvalue weighted by Gasteiger charge is -2.43. The maximum absolute atomic E-state index is 12.0. The summed E-state index contributed by atoms with van der Waals surface area (Å²) >= 11 is 0. The Morgan fingerprint density at radius 2 is 1.87 bits per heavy atom. The second-order valence-corrected chi connectivity index (χ2v) is 7.33. The molecule has 1 aromatic rings. The number of rotatable bonds is 5. The molecular weight excluding hydrogens is 286 g/mol. The zero-order chi connectivity index (χ0) is 16.4. The quantitative estimate of drug-likeness (QED) is 0.779. The van der Waals surface area contributed by atoms with Crippen molar-refractivity contribution in [2.24, 2.45) is 17.8 Å². The number of hydrogen-bond donors (Lipinski definition) is 0. The van der Waals surface area contributed by atoms with Crippen LogP contribution in [0.4, 0.5) is 0 Å². The number of methoxy groups -OCH3 is 1. The molecule has 0 saturated carbocycles. The van der Waals surface area contributed by atoms with E-state index in [9.17, 15) is 4.79 Å². The summed E-state index contributed by atoms with van der Waals surface area (Å²) in [6.07, 6.45) is 5.34. The van der Waals surface area contributed by atoms with Gasteiger partial charge >= 0.3 is 5.97 Å². The molecule has 23 heavy (non-hydrogen) atoms. The van der Waals surface area contributed by atoms with Crippen LogP contribution >= 0.6 is 0 Å². The van der Waals surface area contributed by atoms with Crippen molar-refractivity contribution in [3.63, 3.8) is 0 Å². The highest BCUT2D eigenvalue weighted by Crippen LogP contribution is 2.47. The largest absolute Gasteiger partial charge is 0.469 e. The van der Waals surface area contributed by atoms with Gasteiger partial charge in [-0.3, -0.25) is 9.69 Å².